The average molecular weight is 428 g/mol. The summed E-state index contributed by atoms with van der Waals surface area (Å²) in [7, 11) is 3.26. The van der Waals surface area contributed by atoms with Gasteiger partial charge in [0.25, 0.3) is 5.56 Å². The maximum atomic E-state index is 12.4. The highest BCUT2D eigenvalue weighted by Crippen LogP contribution is 2.46. The molecule has 1 aliphatic rings. The first-order chi connectivity index (χ1) is 14.4. The van der Waals surface area contributed by atoms with Gasteiger partial charge >= 0.3 is 0 Å². The first-order valence-corrected chi connectivity index (χ1v) is 10.6. The maximum absolute atomic E-state index is 12.4. The number of aryl methyl sites for hydroxylation is 3. The van der Waals surface area contributed by atoms with Crippen molar-refractivity contribution >= 4 is 17.0 Å². The van der Waals surface area contributed by atoms with Crippen molar-refractivity contribution in [1.29, 1.82) is 0 Å². The van der Waals surface area contributed by atoms with Gasteiger partial charge in [-0.05, 0) is 32.4 Å². The van der Waals surface area contributed by atoms with Gasteiger partial charge in [0.05, 0.1) is 32.2 Å². The molecule has 0 amide bonds. The van der Waals surface area contributed by atoms with Gasteiger partial charge in [-0.2, -0.15) is 0 Å². The van der Waals surface area contributed by atoms with Gasteiger partial charge in [-0.1, -0.05) is 0 Å². The van der Waals surface area contributed by atoms with Crippen LogP contribution in [0.15, 0.2) is 29.2 Å². The Morgan fingerprint density at radius 2 is 2.17 bits per heavy atom. The van der Waals surface area contributed by atoms with Gasteiger partial charge in [0.1, 0.15) is 16.4 Å². The van der Waals surface area contributed by atoms with E-state index in [9.17, 15) is 4.79 Å². The topological polar surface area (TPSA) is 91.2 Å². The molecular formula is C21H25N5O3S. The lowest BCUT2D eigenvalue weighted by Gasteiger charge is -2.10. The quantitative estimate of drug-likeness (QED) is 0.591. The summed E-state index contributed by atoms with van der Waals surface area (Å²) in [4.78, 5) is 22.5. The fourth-order valence-corrected chi connectivity index (χ4v) is 4.16. The average Bonchev–Trinajstić information content (AvgIpc) is 3.45. The number of anilines is 1. The van der Waals surface area contributed by atoms with Gasteiger partial charge in [-0.25, -0.2) is 9.67 Å². The second-order valence-corrected chi connectivity index (χ2v) is 8.75. The third-order valence-electron chi connectivity index (χ3n) is 5.29. The minimum atomic E-state index is -0.195. The molecule has 2 atom stereocenters. The van der Waals surface area contributed by atoms with Crippen molar-refractivity contribution in [2.24, 2.45) is 13.0 Å². The summed E-state index contributed by atoms with van der Waals surface area (Å²) >= 11 is 1.63. The van der Waals surface area contributed by atoms with Gasteiger partial charge in [0.15, 0.2) is 0 Å². The molecule has 8 nitrogen and oxygen atoms in total. The number of rotatable bonds is 8. The lowest BCUT2D eigenvalue weighted by atomic mass is 10.2. The van der Waals surface area contributed by atoms with E-state index in [1.165, 1.54) is 9.56 Å². The molecule has 3 heterocycles. The molecule has 158 valence electrons. The van der Waals surface area contributed by atoms with Crippen molar-refractivity contribution in [2.45, 2.75) is 32.7 Å². The predicted molar refractivity (Wildman–Crippen MR) is 116 cm³/mol. The number of ether oxygens (including phenoxy) is 2. The van der Waals surface area contributed by atoms with Crippen LogP contribution < -0.4 is 20.3 Å². The Bertz CT molecular complexity index is 1070. The van der Waals surface area contributed by atoms with Crippen LogP contribution in [0.4, 0.5) is 5.69 Å². The van der Waals surface area contributed by atoms with Gasteiger partial charge in [0, 0.05) is 35.5 Å². The molecule has 0 aliphatic heterocycles. The number of thiazole rings is 1. The summed E-state index contributed by atoms with van der Waals surface area (Å²) in [5.41, 5.74) is 2.33. The van der Waals surface area contributed by atoms with E-state index in [0.29, 0.717) is 36.6 Å². The van der Waals surface area contributed by atoms with Crippen LogP contribution >= 0.6 is 11.3 Å². The fraction of sp³-hybridized carbons (Fsp3) is 0.429. The summed E-state index contributed by atoms with van der Waals surface area (Å²) in [5.74, 6) is 1.96. The molecule has 1 fully saturated rings. The third kappa shape index (κ3) is 4.46. The van der Waals surface area contributed by atoms with Crippen LogP contribution in [0.5, 0.6) is 11.6 Å². The van der Waals surface area contributed by atoms with Crippen LogP contribution in [0.2, 0.25) is 0 Å². The molecule has 4 rings (SSSR count). The van der Waals surface area contributed by atoms with E-state index in [0.717, 1.165) is 28.6 Å². The van der Waals surface area contributed by atoms with Crippen LogP contribution in [-0.2, 0) is 13.6 Å². The summed E-state index contributed by atoms with van der Waals surface area (Å²) in [6, 6.07) is 5.59. The number of nitrogens with zero attached hydrogens (tertiary/aromatic N) is 4. The molecule has 0 spiro atoms. The number of hydrogen-bond donors (Lipinski definition) is 1. The maximum Gasteiger partial charge on any atom is 0.290 e. The Labute approximate surface area is 178 Å². The molecule has 0 bridgehead atoms. The van der Waals surface area contributed by atoms with Crippen LogP contribution in [0.1, 0.15) is 33.6 Å². The second-order valence-electron chi connectivity index (χ2n) is 7.46. The van der Waals surface area contributed by atoms with Gasteiger partial charge in [-0.3, -0.25) is 9.78 Å². The number of methoxy groups -OCH3 is 1. The van der Waals surface area contributed by atoms with E-state index in [2.05, 4.69) is 20.4 Å². The minimum Gasteiger partial charge on any atom is -0.495 e. The van der Waals surface area contributed by atoms with E-state index in [1.807, 2.05) is 26.0 Å². The zero-order valence-electron chi connectivity index (χ0n) is 17.5. The molecule has 2 unspecified atom stereocenters. The summed E-state index contributed by atoms with van der Waals surface area (Å²) in [6.45, 7) is 5.06. The first kappa shape index (κ1) is 20.3. The lowest BCUT2D eigenvalue weighted by molar-refractivity contribution is 0.278. The highest BCUT2D eigenvalue weighted by atomic mass is 32.1. The lowest BCUT2D eigenvalue weighted by Crippen LogP contribution is -2.24. The predicted octanol–water partition coefficient (Wildman–Crippen LogP) is 3.05. The molecule has 0 saturated heterocycles. The monoisotopic (exact) mass is 427 g/mol. The molecule has 3 aromatic heterocycles. The fourth-order valence-electron chi connectivity index (χ4n) is 3.28. The smallest absolute Gasteiger partial charge is 0.290 e. The van der Waals surface area contributed by atoms with Crippen LogP contribution in [0.3, 0.4) is 0 Å². The van der Waals surface area contributed by atoms with Gasteiger partial charge in [-0.15, -0.1) is 16.4 Å². The highest BCUT2D eigenvalue weighted by Gasteiger charge is 2.40. The minimum absolute atomic E-state index is 0.195. The van der Waals surface area contributed by atoms with E-state index in [-0.39, 0.29) is 5.56 Å². The number of pyridine rings is 1. The van der Waals surface area contributed by atoms with E-state index in [4.69, 9.17) is 9.47 Å². The SMILES string of the molecule is COc1ccc(C2CC2COc2cc(NCc3nc(C)c(C)s3)c(=O)n(C)n2)nc1. The Hall–Kier alpha value is -2.94. The number of hydrogen-bond acceptors (Lipinski definition) is 8. The van der Waals surface area contributed by atoms with Crippen molar-refractivity contribution in [3.05, 3.63) is 56.0 Å². The Morgan fingerprint density at radius 1 is 1.33 bits per heavy atom. The van der Waals surface area contributed by atoms with Crippen molar-refractivity contribution in [3.63, 3.8) is 0 Å². The highest BCUT2D eigenvalue weighted by molar-refractivity contribution is 7.11. The van der Waals surface area contributed by atoms with Crippen molar-refractivity contribution < 1.29 is 9.47 Å². The molecule has 30 heavy (non-hydrogen) atoms. The van der Waals surface area contributed by atoms with Crippen LogP contribution in [-0.4, -0.2) is 33.5 Å². The summed E-state index contributed by atoms with van der Waals surface area (Å²) in [6.07, 6.45) is 2.77. The zero-order valence-corrected chi connectivity index (χ0v) is 18.3. The molecule has 3 aromatic rings. The molecule has 1 saturated carbocycles. The standard InChI is InChI=1S/C21H25N5O3S/c1-12-13(2)30-20(24-12)10-23-18-8-19(25-26(3)21(18)27)29-11-14-7-16(14)17-6-5-15(28-4)9-22-17/h5-6,8-9,14,16,23H,7,10-11H2,1-4H3. The van der Waals surface area contributed by atoms with E-state index < -0.39 is 0 Å². The summed E-state index contributed by atoms with van der Waals surface area (Å²) < 4.78 is 12.4. The van der Waals surface area contributed by atoms with Crippen molar-refractivity contribution in [3.8, 4) is 11.6 Å². The molecular weight excluding hydrogens is 402 g/mol. The Kier molecular flexibility index (Phi) is 5.72. The normalized spacial score (nSPS) is 17.6. The van der Waals surface area contributed by atoms with Crippen molar-refractivity contribution in [2.75, 3.05) is 19.0 Å². The zero-order chi connectivity index (χ0) is 21.3. The molecule has 0 radical (unpaired) electrons. The van der Waals surface area contributed by atoms with Gasteiger partial charge < -0.3 is 14.8 Å². The molecule has 1 aliphatic carbocycles. The molecule has 1 N–H and O–H groups in total. The largest absolute Gasteiger partial charge is 0.495 e. The third-order valence-corrected chi connectivity index (χ3v) is 6.36. The van der Waals surface area contributed by atoms with Crippen LogP contribution in [0.25, 0.3) is 0 Å². The Morgan fingerprint density at radius 3 is 2.83 bits per heavy atom. The second kappa shape index (κ2) is 8.43. The molecule has 0 aromatic carbocycles. The van der Waals surface area contributed by atoms with Crippen molar-refractivity contribution in [1.82, 2.24) is 19.7 Å². The van der Waals surface area contributed by atoms with Gasteiger partial charge in [0.2, 0.25) is 5.88 Å². The van der Waals surface area contributed by atoms with E-state index in [1.54, 1.807) is 37.8 Å². The molecule has 9 heteroatoms. The van der Waals surface area contributed by atoms with Crippen LogP contribution in [0, 0.1) is 19.8 Å². The number of nitrogens with one attached hydrogen (secondary N) is 1. The Balaban J connectivity index is 1.37. The summed E-state index contributed by atoms with van der Waals surface area (Å²) in [5, 5.41) is 8.34. The number of aromatic nitrogens is 4. The first-order valence-electron chi connectivity index (χ1n) is 9.82. The van der Waals surface area contributed by atoms with E-state index >= 15 is 0 Å².